The summed E-state index contributed by atoms with van der Waals surface area (Å²) in [5.41, 5.74) is 0.673. The molecule has 2 rings (SSSR count). The van der Waals surface area contributed by atoms with E-state index in [1.54, 1.807) is 24.3 Å². The predicted molar refractivity (Wildman–Crippen MR) is 79.1 cm³/mol. The number of pyridine rings is 1. The molecule has 0 atom stereocenters. The lowest BCUT2D eigenvalue weighted by Crippen LogP contribution is -2.40. The number of ether oxygens (including phenoxy) is 1. The first-order valence-corrected chi connectivity index (χ1v) is 6.79. The Morgan fingerprint density at radius 1 is 1.17 bits per heavy atom. The van der Waals surface area contributed by atoms with Crippen LogP contribution in [0.2, 0.25) is 0 Å². The zero-order chi connectivity index (χ0) is 16.9. The summed E-state index contributed by atoms with van der Waals surface area (Å²) >= 11 is 0. The van der Waals surface area contributed by atoms with Crippen molar-refractivity contribution < 1.29 is 22.7 Å². The Kier molecular flexibility index (Phi) is 5.33. The maximum atomic E-state index is 12.9. The smallest absolute Gasteiger partial charge is 0.380 e. The Bertz CT molecular complexity index is 660. The zero-order valence-corrected chi connectivity index (χ0v) is 12.4. The molecule has 0 spiro atoms. The molecule has 0 aliphatic rings. The van der Waals surface area contributed by atoms with Gasteiger partial charge in [-0.1, -0.05) is 24.3 Å². The Balaban J connectivity index is 2.41. The van der Waals surface area contributed by atoms with Gasteiger partial charge < -0.3 is 4.74 Å². The quantitative estimate of drug-likeness (QED) is 0.846. The molecule has 7 heteroatoms. The number of aromatic nitrogens is 1. The molecule has 23 heavy (non-hydrogen) atoms. The van der Waals surface area contributed by atoms with E-state index in [0.29, 0.717) is 10.5 Å². The molecule has 0 N–H and O–H groups in total. The third-order valence-electron chi connectivity index (χ3n) is 3.06. The van der Waals surface area contributed by atoms with E-state index in [1.807, 2.05) is 0 Å². The van der Waals surface area contributed by atoms with Crippen LogP contribution in [0, 0.1) is 0 Å². The monoisotopic (exact) mass is 324 g/mol. The zero-order valence-electron chi connectivity index (χ0n) is 12.4. The molecule has 1 aromatic heterocycles. The highest BCUT2D eigenvalue weighted by molar-refractivity contribution is 6.06. The molecule has 122 valence electrons. The van der Waals surface area contributed by atoms with Gasteiger partial charge in [-0.25, -0.2) is 4.98 Å². The molecule has 2 aromatic rings. The maximum absolute atomic E-state index is 12.9. The summed E-state index contributed by atoms with van der Waals surface area (Å²) in [6.45, 7) is -1.28. The first-order chi connectivity index (χ1) is 10.9. The molecule has 4 nitrogen and oxygen atoms in total. The average Bonchev–Trinajstić information content (AvgIpc) is 2.53. The van der Waals surface area contributed by atoms with Gasteiger partial charge in [0.25, 0.3) is 5.91 Å². The highest BCUT2D eigenvalue weighted by Gasteiger charge is 2.35. The van der Waals surface area contributed by atoms with Crippen LogP contribution >= 0.6 is 0 Å². The Labute approximate surface area is 131 Å². The van der Waals surface area contributed by atoms with E-state index in [1.165, 1.54) is 31.5 Å². The van der Waals surface area contributed by atoms with Gasteiger partial charge in [-0.15, -0.1) is 0 Å². The number of benzene rings is 1. The number of halogens is 3. The molecule has 0 radical (unpaired) electrons. The lowest BCUT2D eigenvalue weighted by Gasteiger charge is -2.24. The second kappa shape index (κ2) is 7.23. The van der Waals surface area contributed by atoms with Gasteiger partial charge in [0.1, 0.15) is 12.4 Å². The SMILES string of the molecule is COCc1ccccc1C(=O)N(CC(F)(F)F)c1ccccn1. The molecule has 0 saturated heterocycles. The molecule has 0 bridgehead atoms. The van der Waals surface area contributed by atoms with Crippen molar-refractivity contribution in [2.45, 2.75) is 12.8 Å². The number of amides is 1. The number of rotatable bonds is 5. The van der Waals surface area contributed by atoms with Crippen LogP contribution in [0.15, 0.2) is 48.7 Å². The summed E-state index contributed by atoms with van der Waals surface area (Å²) < 4.78 is 43.6. The second-order valence-electron chi connectivity index (χ2n) is 4.78. The molecule has 1 heterocycles. The van der Waals surface area contributed by atoms with Gasteiger partial charge in [-0.2, -0.15) is 13.2 Å². The van der Waals surface area contributed by atoms with Gasteiger partial charge in [-0.3, -0.25) is 9.69 Å². The summed E-state index contributed by atoms with van der Waals surface area (Å²) in [6.07, 6.45) is -3.20. The van der Waals surface area contributed by atoms with E-state index >= 15 is 0 Å². The fraction of sp³-hybridized carbons (Fsp3) is 0.250. The minimum absolute atomic E-state index is 0.0537. The van der Waals surface area contributed by atoms with Crippen LogP contribution in [0.1, 0.15) is 15.9 Å². The van der Waals surface area contributed by atoms with Crippen molar-refractivity contribution in [3.05, 3.63) is 59.8 Å². The summed E-state index contributed by atoms with van der Waals surface area (Å²) in [5, 5.41) is 0. The van der Waals surface area contributed by atoms with Crippen molar-refractivity contribution in [1.82, 2.24) is 4.98 Å². The molecule has 0 aliphatic heterocycles. The van der Waals surface area contributed by atoms with Crippen LogP contribution in [0.3, 0.4) is 0 Å². The second-order valence-corrected chi connectivity index (χ2v) is 4.78. The first kappa shape index (κ1) is 17.0. The van der Waals surface area contributed by atoms with Gasteiger partial charge in [0, 0.05) is 18.9 Å². The largest absolute Gasteiger partial charge is 0.406 e. The molecule has 1 amide bonds. The number of anilines is 1. The number of nitrogens with zero attached hydrogens (tertiary/aromatic N) is 2. The third-order valence-corrected chi connectivity index (χ3v) is 3.06. The summed E-state index contributed by atoms with van der Waals surface area (Å²) in [5.74, 6) is -0.823. The van der Waals surface area contributed by atoms with Crippen molar-refractivity contribution >= 4 is 11.7 Å². The number of carbonyl (C=O) groups excluding carboxylic acids is 1. The van der Waals surface area contributed by atoms with E-state index in [0.717, 1.165) is 0 Å². The average molecular weight is 324 g/mol. The Morgan fingerprint density at radius 2 is 1.87 bits per heavy atom. The highest BCUT2D eigenvalue weighted by Crippen LogP contribution is 2.23. The van der Waals surface area contributed by atoms with Gasteiger partial charge in [0.05, 0.1) is 6.61 Å². The first-order valence-electron chi connectivity index (χ1n) is 6.79. The standard InChI is InChI=1S/C16H15F3N2O2/c1-23-10-12-6-2-3-7-13(12)15(22)21(11-16(17,18)19)14-8-4-5-9-20-14/h2-9H,10-11H2,1H3. The summed E-state index contributed by atoms with van der Waals surface area (Å²) in [4.78, 5) is 17.1. The van der Waals surface area contributed by atoms with Crippen LogP contribution in [-0.2, 0) is 11.3 Å². The van der Waals surface area contributed by atoms with Crippen molar-refractivity contribution in [2.24, 2.45) is 0 Å². The summed E-state index contributed by atoms with van der Waals surface area (Å²) in [7, 11) is 1.45. The molecule has 0 saturated carbocycles. The van der Waals surface area contributed by atoms with Gasteiger partial charge >= 0.3 is 6.18 Å². The van der Waals surface area contributed by atoms with Crippen LogP contribution in [0.4, 0.5) is 19.0 Å². The van der Waals surface area contributed by atoms with Crippen molar-refractivity contribution in [3.8, 4) is 0 Å². The highest BCUT2D eigenvalue weighted by atomic mass is 19.4. The molecule has 1 aromatic carbocycles. The van der Waals surface area contributed by atoms with Crippen molar-refractivity contribution in [3.63, 3.8) is 0 Å². The topological polar surface area (TPSA) is 42.4 Å². The predicted octanol–water partition coefficient (Wildman–Crippen LogP) is 3.44. The number of methoxy groups -OCH3 is 1. The minimum atomic E-state index is -4.54. The van der Waals surface area contributed by atoms with Crippen LogP contribution < -0.4 is 4.90 Å². The number of hydrogen-bond donors (Lipinski definition) is 0. The van der Waals surface area contributed by atoms with E-state index in [9.17, 15) is 18.0 Å². The number of hydrogen-bond acceptors (Lipinski definition) is 3. The molecule has 0 aliphatic carbocycles. The van der Waals surface area contributed by atoms with Gasteiger partial charge in [0.2, 0.25) is 0 Å². The van der Waals surface area contributed by atoms with Crippen molar-refractivity contribution in [2.75, 3.05) is 18.6 Å². The maximum Gasteiger partial charge on any atom is 0.406 e. The van der Waals surface area contributed by atoms with E-state index in [-0.39, 0.29) is 18.0 Å². The molecule has 0 fully saturated rings. The molecular formula is C16H15F3N2O2. The fourth-order valence-corrected chi connectivity index (χ4v) is 2.11. The van der Waals surface area contributed by atoms with Gasteiger partial charge in [-0.05, 0) is 23.8 Å². The van der Waals surface area contributed by atoms with Crippen molar-refractivity contribution in [1.29, 1.82) is 0 Å². The number of carbonyl (C=O) groups is 1. The van der Waals surface area contributed by atoms with Gasteiger partial charge in [0.15, 0.2) is 0 Å². The minimum Gasteiger partial charge on any atom is -0.380 e. The number of alkyl halides is 3. The third kappa shape index (κ3) is 4.53. The van der Waals surface area contributed by atoms with E-state index in [2.05, 4.69) is 4.98 Å². The fourth-order valence-electron chi connectivity index (χ4n) is 2.11. The molecule has 0 unspecified atom stereocenters. The molecular weight excluding hydrogens is 309 g/mol. The van der Waals surface area contributed by atoms with Crippen LogP contribution in [-0.4, -0.2) is 30.7 Å². The van der Waals surface area contributed by atoms with E-state index < -0.39 is 18.6 Å². The lowest BCUT2D eigenvalue weighted by molar-refractivity contribution is -0.118. The Hall–Kier alpha value is -2.41. The van der Waals surface area contributed by atoms with Crippen LogP contribution in [0.5, 0.6) is 0 Å². The van der Waals surface area contributed by atoms with E-state index in [4.69, 9.17) is 4.74 Å². The Morgan fingerprint density at radius 3 is 2.48 bits per heavy atom. The van der Waals surface area contributed by atoms with Crippen LogP contribution in [0.25, 0.3) is 0 Å². The lowest BCUT2D eigenvalue weighted by atomic mass is 10.1. The normalized spacial score (nSPS) is 11.3. The summed E-state index contributed by atoms with van der Waals surface area (Å²) in [6, 6.07) is 10.9.